The van der Waals surface area contributed by atoms with Crippen molar-refractivity contribution < 1.29 is 137 Å². The van der Waals surface area contributed by atoms with Crippen LogP contribution in [0.15, 0.2) is 28.0 Å². The first-order valence-electron chi connectivity index (χ1n) is 4.99. The molecule has 15 heteroatoms. The molecule has 0 spiro atoms. The van der Waals surface area contributed by atoms with E-state index in [4.69, 9.17) is 0 Å². The standard InChI is InChI=1S/C8H10BrNO8S3.2K/c9-3-4-19(11,12)10-7-5-6(20(13,14)15)1-2-8(7)21(16,17)18;;/h1-2,5,10H,3-4H2,(H,13,14,15)(H,16,17,18);;/q;2*+1/p-2. The first-order valence-corrected chi connectivity index (χ1v) is 10.6. The van der Waals surface area contributed by atoms with Crippen molar-refractivity contribution in [1.82, 2.24) is 0 Å². The Balaban J connectivity index is 0. The van der Waals surface area contributed by atoms with Crippen molar-refractivity contribution in [3.05, 3.63) is 18.2 Å². The minimum absolute atomic E-state index is 0. The van der Waals surface area contributed by atoms with Gasteiger partial charge in [-0.2, -0.15) is 0 Å². The second-order valence-electron chi connectivity index (χ2n) is 3.68. The van der Waals surface area contributed by atoms with Crippen LogP contribution in [0.3, 0.4) is 0 Å². The van der Waals surface area contributed by atoms with Gasteiger partial charge in [0.1, 0.15) is 20.2 Å². The van der Waals surface area contributed by atoms with E-state index >= 15 is 0 Å². The maximum atomic E-state index is 11.6. The fourth-order valence-electron chi connectivity index (χ4n) is 1.28. The van der Waals surface area contributed by atoms with E-state index in [1.165, 1.54) is 0 Å². The number of sulfonamides is 1. The summed E-state index contributed by atoms with van der Waals surface area (Å²) in [6.07, 6.45) is 0. The van der Waals surface area contributed by atoms with Gasteiger partial charge in [0.05, 0.1) is 21.2 Å². The smallest absolute Gasteiger partial charge is 0.744 e. The van der Waals surface area contributed by atoms with Gasteiger partial charge in [-0.3, -0.25) is 4.72 Å². The first-order chi connectivity index (χ1) is 9.37. The molecular formula is C8H8BrK2NO8S3. The van der Waals surface area contributed by atoms with Gasteiger partial charge >= 0.3 is 103 Å². The van der Waals surface area contributed by atoms with Crippen LogP contribution in [0.5, 0.6) is 0 Å². The van der Waals surface area contributed by atoms with Crippen LogP contribution in [0.25, 0.3) is 0 Å². The van der Waals surface area contributed by atoms with Crippen molar-refractivity contribution in [3.63, 3.8) is 0 Å². The molecule has 0 aliphatic heterocycles. The van der Waals surface area contributed by atoms with E-state index in [-0.39, 0.29) is 108 Å². The average molecular weight is 500 g/mol. The third-order valence-electron chi connectivity index (χ3n) is 2.12. The summed E-state index contributed by atoms with van der Waals surface area (Å²) in [6.45, 7) is 0. The van der Waals surface area contributed by atoms with E-state index in [2.05, 4.69) is 15.9 Å². The van der Waals surface area contributed by atoms with Crippen molar-refractivity contribution in [2.45, 2.75) is 9.79 Å². The Labute approximate surface area is 227 Å². The van der Waals surface area contributed by atoms with Gasteiger partial charge in [0.25, 0.3) is 0 Å². The number of hydrogen-bond acceptors (Lipinski definition) is 8. The van der Waals surface area contributed by atoms with Crippen LogP contribution in [0.2, 0.25) is 0 Å². The summed E-state index contributed by atoms with van der Waals surface area (Å²) in [4.78, 5) is -1.85. The zero-order valence-corrected chi connectivity index (χ0v) is 22.3. The maximum Gasteiger partial charge on any atom is 1.00 e. The molecule has 0 unspecified atom stereocenters. The second kappa shape index (κ2) is 10.8. The summed E-state index contributed by atoms with van der Waals surface area (Å²) in [6, 6.07) is 1.65. The van der Waals surface area contributed by atoms with Gasteiger partial charge in [0, 0.05) is 5.33 Å². The fourth-order valence-corrected chi connectivity index (χ4v) is 4.55. The van der Waals surface area contributed by atoms with Gasteiger partial charge in [-0.25, -0.2) is 25.3 Å². The number of anilines is 1. The molecule has 0 aromatic heterocycles. The molecule has 0 aliphatic carbocycles. The molecule has 0 aliphatic rings. The molecule has 0 bridgehead atoms. The Bertz CT molecular complexity index is 853. The first kappa shape index (κ1) is 27.8. The topological polar surface area (TPSA) is 161 Å². The third kappa shape index (κ3) is 9.34. The summed E-state index contributed by atoms with van der Waals surface area (Å²) in [7, 11) is -14.0. The van der Waals surface area contributed by atoms with Gasteiger partial charge in [0.2, 0.25) is 10.0 Å². The molecule has 1 aromatic carbocycles. The van der Waals surface area contributed by atoms with Gasteiger partial charge in [-0.15, -0.1) is 0 Å². The van der Waals surface area contributed by atoms with Crippen LogP contribution in [0.1, 0.15) is 0 Å². The van der Waals surface area contributed by atoms with Gasteiger partial charge in [0.15, 0.2) is 0 Å². The van der Waals surface area contributed by atoms with E-state index < -0.39 is 51.5 Å². The van der Waals surface area contributed by atoms with E-state index in [0.717, 1.165) is 0 Å². The Morgan fingerprint density at radius 3 is 1.87 bits per heavy atom. The molecule has 0 heterocycles. The number of alkyl halides is 1. The summed E-state index contributed by atoms with van der Waals surface area (Å²) in [5.41, 5.74) is -0.789. The molecule has 23 heavy (non-hydrogen) atoms. The molecular weight excluding hydrogens is 492 g/mol. The van der Waals surface area contributed by atoms with Crippen molar-refractivity contribution in [1.29, 1.82) is 0 Å². The molecule has 0 atom stereocenters. The minimum atomic E-state index is -5.07. The largest absolute Gasteiger partial charge is 1.00 e. The van der Waals surface area contributed by atoms with Crippen LogP contribution >= 0.6 is 15.9 Å². The number of hydrogen-bond donors (Lipinski definition) is 1. The molecule has 0 saturated heterocycles. The average Bonchev–Trinajstić information content (AvgIpc) is 2.25. The molecule has 1 aromatic rings. The van der Waals surface area contributed by atoms with Crippen molar-refractivity contribution in [2.75, 3.05) is 15.8 Å². The minimum Gasteiger partial charge on any atom is -0.744 e. The van der Waals surface area contributed by atoms with Crippen molar-refractivity contribution in [3.8, 4) is 0 Å². The molecule has 0 amide bonds. The number of nitrogens with one attached hydrogen (secondary N) is 1. The van der Waals surface area contributed by atoms with E-state index in [0.29, 0.717) is 18.2 Å². The predicted molar refractivity (Wildman–Crippen MR) is 73.6 cm³/mol. The van der Waals surface area contributed by atoms with Gasteiger partial charge < -0.3 is 9.11 Å². The van der Waals surface area contributed by atoms with Crippen molar-refractivity contribution in [2.24, 2.45) is 0 Å². The second-order valence-corrected chi connectivity index (χ2v) is 9.04. The van der Waals surface area contributed by atoms with Crippen LogP contribution in [0.4, 0.5) is 5.69 Å². The zero-order chi connectivity index (χ0) is 16.5. The van der Waals surface area contributed by atoms with Crippen LogP contribution in [-0.2, 0) is 30.3 Å². The summed E-state index contributed by atoms with van der Waals surface area (Å²) >= 11 is 2.86. The van der Waals surface area contributed by atoms with E-state index in [1.54, 1.807) is 4.72 Å². The molecule has 1 N–H and O–H groups in total. The Morgan fingerprint density at radius 2 is 1.48 bits per heavy atom. The van der Waals surface area contributed by atoms with Crippen LogP contribution in [0, 0.1) is 0 Å². The van der Waals surface area contributed by atoms with E-state index in [1.807, 2.05) is 0 Å². The molecule has 0 radical (unpaired) electrons. The Morgan fingerprint density at radius 1 is 0.957 bits per heavy atom. The maximum absolute atomic E-state index is 11.6. The Hall–Kier alpha value is 2.54. The molecule has 0 saturated carbocycles. The fraction of sp³-hybridized carbons (Fsp3) is 0.250. The number of halogens is 1. The van der Waals surface area contributed by atoms with Crippen molar-refractivity contribution >= 4 is 51.9 Å². The number of benzene rings is 1. The molecule has 1 rings (SSSR count). The predicted octanol–water partition coefficient (Wildman–Crippen LogP) is -6.36. The van der Waals surface area contributed by atoms with Gasteiger partial charge in [-0.1, -0.05) is 15.9 Å². The molecule has 120 valence electrons. The summed E-state index contributed by atoms with van der Waals surface area (Å²) < 4.78 is 90.6. The Kier molecular flexibility index (Phi) is 13.0. The molecule has 0 fully saturated rings. The zero-order valence-electron chi connectivity index (χ0n) is 12.0. The summed E-state index contributed by atoms with van der Waals surface area (Å²) in [5, 5.41) is 0.0152. The SMILES string of the molecule is O=S(=O)(CCBr)Nc1cc(S(=O)(=O)[O-])ccc1S(=O)(=O)[O-].[K+].[K+]. The molecule has 9 nitrogen and oxygen atoms in total. The number of rotatable bonds is 6. The third-order valence-corrected chi connectivity index (χ3v) is 6.04. The normalized spacial score (nSPS) is 12.0. The van der Waals surface area contributed by atoms with Crippen LogP contribution in [-0.4, -0.2) is 45.4 Å². The van der Waals surface area contributed by atoms with Gasteiger partial charge in [-0.05, 0) is 18.2 Å². The quantitative estimate of drug-likeness (QED) is 0.229. The summed E-state index contributed by atoms with van der Waals surface area (Å²) in [5.74, 6) is -0.459. The van der Waals surface area contributed by atoms with E-state index in [9.17, 15) is 34.4 Å². The monoisotopic (exact) mass is 499 g/mol. The van der Waals surface area contributed by atoms with Crippen LogP contribution < -0.4 is 107 Å².